The van der Waals surface area contributed by atoms with Gasteiger partial charge in [0.25, 0.3) is 0 Å². The minimum absolute atomic E-state index is 0.227. The van der Waals surface area contributed by atoms with E-state index in [-0.39, 0.29) is 6.79 Å². The van der Waals surface area contributed by atoms with E-state index in [0.717, 1.165) is 22.1 Å². The summed E-state index contributed by atoms with van der Waals surface area (Å²) in [6.45, 7) is 2.78. The summed E-state index contributed by atoms with van der Waals surface area (Å²) < 4.78 is 10.8. The third-order valence-electron chi connectivity index (χ3n) is 2.67. The van der Waals surface area contributed by atoms with E-state index >= 15 is 0 Å². The van der Waals surface area contributed by atoms with Gasteiger partial charge in [-0.1, -0.05) is 42.2 Å². The van der Waals surface area contributed by atoms with E-state index in [1.165, 1.54) is 0 Å². The van der Waals surface area contributed by atoms with E-state index in [9.17, 15) is 0 Å². The Labute approximate surface area is 118 Å². The number of halogens is 1. The predicted octanol–water partition coefficient (Wildman–Crippen LogP) is 3.80. The van der Waals surface area contributed by atoms with Crippen LogP contribution in [0.1, 0.15) is 12.5 Å². The standard InChI is InChI=1S/C16H15ClO2/c1-2-18-12-19-16-10-9-13-6-3-4-7-14(13)15(16)8-5-11-17/h3-4,6-7,9-10H,2,11-12H2,1H3. The van der Waals surface area contributed by atoms with Crippen LogP contribution in [-0.2, 0) is 4.74 Å². The van der Waals surface area contributed by atoms with Gasteiger partial charge in [-0.25, -0.2) is 0 Å². The molecule has 2 aromatic carbocycles. The van der Waals surface area contributed by atoms with Gasteiger partial charge in [-0.3, -0.25) is 0 Å². The van der Waals surface area contributed by atoms with E-state index < -0.39 is 0 Å². The zero-order chi connectivity index (χ0) is 13.5. The first-order valence-corrected chi connectivity index (χ1v) is 6.67. The van der Waals surface area contributed by atoms with Crippen LogP contribution >= 0.6 is 11.6 Å². The van der Waals surface area contributed by atoms with Gasteiger partial charge >= 0.3 is 0 Å². The van der Waals surface area contributed by atoms with Crippen LogP contribution < -0.4 is 4.74 Å². The highest BCUT2D eigenvalue weighted by Crippen LogP contribution is 2.27. The van der Waals surface area contributed by atoms with Gasteiger partial charge in [0.05, 0.1) is 11.4 Å². The average molecular weight is 275 g/mol. The number of alkyl halides is 1. The summed E-state index contributed by atoms with van der Waals surface area (Å²) in [6, 6.07) is 12.0. The Hall–Kier alpha value is -1.69. The molecule has 0 fully saturated rings. The van der Waals surface area contributed by atoms with Crippen LogP contribution in [0.2, 0.25) is 0 Å². The molecule has 0 aliphatic heterocycles. The van der Waals surface area contributed by atoms with Gasteiger partial charge in [0.1, 0.15) is 5.75 Å². The molecule has 0 aliphatic rings. The predicted molar refractivity (Wildman–Crippen MR) is 78.7 cm³/mol. The van der Waals surface area contributed by atoms with Gasteiger partial charge in [0.2, 0.25) is 0 Å². The van der Waals surface area contributed by atoms with Crippen LogP contribution in [0.25, 0.3) is 10.8 Å². The van der Waals surface area contributed by atoms with Crippen molar-refractivity contribution in [3.8, 4) is 17.6 Å². The summed E-state index contributed by atoms with van der Waals surface area (Å²) >= 11 is 5.64. The van der Waals surface area contributed by atoms with E-state index in [4.69, 9.17) is 21.1 Å². The van der Waals surface area contributed by atoms with Crippen LogP contribution in [0.3, 0.4) is 0 Å². The third kappa shape index (κ3) is 3.41. The average Bonchev–Trinajstić information content (AvgIpc) is 2.46. The SMILES string of the molecule is CCOCOc1ccc2ccccc2c1C#CCCl. The van der Waals surface area contributed by atoms with Crippen molar-refractivity contribution in [1.29, 1.82) is 0 Å². The molecule has 0 aliphatic carbocycles. The maximum atomic E-state index is 5.64. The molecule has 0 saturated heterocycles. The topological polar surface area (TPSA) is 18.5 Å². The molecule has 2 nitrogen and oxygen atoms in total. The lowest BCUT2D eigenvalue weighted by Gasteiger charge is -2.10. The molecule has 3 heteroatoms. The Morgan fingerprint density at radius 3 is 2.79 bits per heavy atom. The first-order chi connectivity index (χ1) is 9.36. The summed E-state index contributed by atoms with van der Waals surface area (Å²) in [6.07, 6.45) is 0. The lowest BCUT2D eigenvalue weighted by Crippen LogP contribution is -2.03. The molecule has 0 saturated carbocycles. The number of ether oxygens (including phenoxy) is 2. The van der Waals surface area contributed by atoms with E-state index in [1.54, 1.807) is 0 Å². The second-order valence-corrected chi connectivity index (χ2v) is 4.12. The first kappa shape index (κ1) is 13.7. The number of hydrogen-bond acceptors (Lipinski definition) is 2. The molecule has 0 N–H and O–H groups in total. The molecule has 2 aromatic rings. The van der Waals surface area contributed by atoms with Crippen molar-refractivity contribution in [3.05, 3.63) is 42.0 Å². The highest BCUT2D eigenvalue weighted by atomic mass is 35.5. The molecular formula is C16H15ClO2. The Morgan fingerprint density at radius 2 is 2.00 bits per heavy atom. The minimum Gasteiger partial charge on any atom is -0.466 e. The Bertz CT molecular complexity index is 611. The Morgan fingerprint density at radius 1 is 1.16 bits per heavy atom. The summed E-state index contributed by atoms with van der Waals surface area (Å²) in [5, 5.41) is 2.19. The van der Waals surface area contributed by atoms with Crippen LogP contribution in [0.15, 0.2) is 36.4 Å². The van der Waals surface area contributed by atoms with E-state index in [0.29, 0.717) is 12.5 Å². The molecule has 0 aromatic heterocycles. The molecule has 0 amide bonds. The van der Waals surface area contributed by atoms with Crippen molar-refractivity contribution in [2.24, 2.45) is 0 Å². The molecule has 0 bridgehead atoms. The van der Waals surface area contributed by atoms with Gasteiger partial charge in [-0.15, -0.1) is 11.6 Å². The largest absolute Gasteiger partial charge is 0.466 e. The monoisotopic (exact) mass is 274 g/mol. The molecule has 0 unspecified atom stereocenters. The van der Waals surface area contributed by atoms with Crippen molar-refractivity contribution >= 4 is 22.4 Å². The summed E-state index contributed by atoms with van der Waals surface area (Å²) in [5.74, 6) is 6.98. The van der Waals surface area contributed by atoms with Crippen LogP contribution in [0.5, 0.6) is 5.75 Å². The second kappa shape index (κ2) is 7.04. The third-order valence-corrected chi connectivity index (χ3v) is 2.81. The number of fused-ring (bicyclic) bond motifs is 1. The zero-order valence-corrected chi connectivity index (χ0v) is 11.5. The minimum atomic E-state index is 0.227. The maximum absolute atomic E-state index is 5.64. The number of benzene rings is 2. The Kier molecular flexibility index (Phi) is 5.09. The molecule has 0 radical (unpaired) electrons. The maximum Gasteiger partial charge on any atom is 0.189 e. The van der Waals surface area contributed by atoms with Gasteiger partial charge in [0, 0.05) is 12.0 Å². The number of hydrogen-bond donors (Lipinski definition) is 0. The molecule has 98 valence electrons. The van der Waals surface area contributed by atoms with Gasteiger partial charge in [0.15, 0.2) is 6.79 Å². The zero-order valence-electron chi connectivity index (χ0n) is 10.8. The fourth-order valence-corrected chi connectivity index (χ4v) is 1.88. The fraction of sp³-hybridized carbons (Fsp3) is 0.250. The Balaban J connectivity index is 2.44. The van der Waals surface area contributed by atoms with Crippen LogP contribution in [-0.4, -0.2) is 19.3 Å². The highest BCUT2D eigenvalue weighted by Gasteiger charge is 2.06. The van der Waals surface area contributed by atoms with Gasteiger partial charge in [-0.2, -0.15) is 0 Å². The van der Waals surface area contributed by atoms with Crippen molar-refractivity contribution in [2.45, 2.75) is 6.92 Å². The molecular weight excluding hydrogens is 260 g/mol. The fourth-order valence-electron chi connectivity index (χ4n) is 1.81. The summed E-state index contributed by atoms with van der Waals surface area (Å²) in [5.41, 5.74) is 0.860. The van der Waals surface area contributed by atoms with Crippen molar-refractivity contribution in [1.82, 2.24) is 0 Å². The smallest absolute Gasteiger partial charge is 0.189 e. The normalized spacial score (nSPS) is 10.0. The lowest BCUT2D eigenvalue weighted by atomic mass is 10.0. The first-order valence-electron chi connectivity index (χ1n) is 6.14. The molecule has 19 heavy (non-hydrogen) atoms. The van der Waals surface area contributed by atoms with Crippen LogP contribution in [0.4, 0.5) is 0 Å². The number of rotatable bonds is 4. The lowest BCUT2D eigenvalue weighted by molar-refractivity contribution is 0.0223. The van der Waals surface area contributed by atoms with Crippen LogP contribution in [0, 0.1) is 11.8 Å². The van der Waals surface area contributed by atoms with Gasteiger partial charge < -0.3 is 9.47 Å². The summed E-state index contributed by atoms with van der Waals surface area (Å²) in [4.78, 5) is 0. The molecule has 2 rings (SSSR count). The molecule has 0 atom stereocenters. The quantitative estimate of drug-likeness (QED) is 0.365. The summed E-state index contributed by atoms with van der Waals surface area (Å²) in [7, 11) is 0. The van der Waals surface area contributed by atoms with E-state index in [2.05, 4.69) is 11.8 Å². The highest BCUT2D eigenvalue weighted by molar-refractivity contribution is 6.19. The van der Waals surface area contributed by atoms with Crippen molar-refractivity contribution < 1.29 is 9.47 Å². The van der Waals surface area contributed by atoms with E-state index in [1.807, 2.05) is 43.3 Å². The second-order valence-electron chi connectivity index (χ2n) is 3.85. The van der Waals surface area contributed by atoms with Crippen molar-refractivity contribution in [3.63, 3.8) is 0 Å². The van der Waals surface area contributed by atoms with Crippen molar-refractivity contribution in [2.75, 3.05) is 19.3 Å². The molecule has 0 spiro atoms. The van der Waals surface area contributed by atoms with Gasteiger partial charge in [-0.05, 0) is 18.4 Å². The molecule has 0 heterocycles.